The van der Waals surface area contributed by atoms with Gasteiger partial charge in [-0.25, -0.2) is 4.39 Å². The van der Waals surface area contributed by atoms with Crippen LogP contribution < -0.4 is 11.1 Å². The number of nitrogens with two attached hydrogens (primary N) is 1. The van der Waals surface area contributed by atoms with Crippen LogP contribution in [0.5, 0.6) is 0 Å². The third-order valence-corrected chi connectivity index (χ3v) is 3.57. The SMILES string of the molecule is Nc1ccc(CNc2ccc3c(c2)CC(F)C3)cc1. The summed E-state index contributed by atoms with van der Waals surface area (Å²) in [5, 5.41) is 3.36. The zero-order valence-electron chi connectivity index (χ0n) is 10.7. The topological polar surface area (TPSA) is 38.0 Å². The third kappa shape index (κ3) is 2.70. The van der Waals surface area contributed by atoms with Crippen LogP contribution in [0, 0.1) is 0 Å². The lowest BCUT2D eigenvalue weighted by molar-refractivity contribution is 0.349. The summed E-state index contributed by atoms with van der Waals surface area (Å²) in [7, 11) is 0. The lowest BCUT2D eigenvalue weighted by atomic mass is 10.1. The van der Waals surface area contributed by atoms with Gasteiger partial charge in [-0.15, -0.1) is 0 Å². The van der Waals surface area contributed by atoms with Gasteiger partial charge in [0.2, 0.25) is 0 Å². The molecule has 3 rings (SSSR count). The largest absolute Gasteiger partial charge is 0.399 e. The van der Waals surface area contributed by atoms with Gasteiger partial charge in [0.05, 0.1) is 0 Å². The van der Waals surface area contributed by atoms with Crippen LogP contribution in [-0.4, -0.2) is 6.17 Å². The van der Waals surface area contributed by atoms with Crippen molar-refractivity contribution in [1.29, 1.82) is 0 Å². The van der Waals surface area contributed by atoms with Crippen molar-refractivity contribution in [1.82, 2.24) is 0 Å². The molecule has 1 aliphatic rings. The average Bonchev–Trinajstić information content (AvgIpc) is 2.77. The van der Waals surface area contributed by atoms with Crippen molar-refractivity contribution in [2.75, 3.05) is 11.1 Å². The average molecular weight is 256 g/mol. The monoisotopic (exact) mass is 256 g/mol. The van der Waals surface area contributed by atoms with Crippen LogP contribution >= 0.6 is 0 Å². The maximum Gasteiger partial charge on any atom is 0.108 e. The molecule has 0 spiro atoms. The van der Waals surface area contributed by atoms with E-state index in [0.717, 1.165) is 29.0 Å². The maximum absolute atomic E-state index is 13.3. The molecule has 3 heteroatoms. The molecule has 19 heavy (non-hydrogen) atoms. The highest BCUT2D eigenvalue weighted by molar-refractivity contribution is 5.51. The van der Waals surface area contributed by atoms with E-state index in [1.165, 1.54) is 5.56 Å². The van der Waals surface area contributed by atoms with E-state index in [-0.39, 0.29) is 0 Å². The van der Waals surface area contributed by atoms with Crippen LogP contribution in [-0.2, 0) is 19.4 Å². The Balaban J connectivity index is 1.68. The first-order valence-corrected chi connectivity index (χ1v) is 6.55. The maximum atomic E-state index is 13.3. The molecule has 2 aromatic rings. The van der Waals surface area contributed by atoms with Gasteiger partial charge < -0.3 is 11.1 Å². The molecule has 0 fully saturated rings. The molecular weight excluding hydrogens is 239 g/mol. The smallest absolute Gasteiger partial charge is 0.108 e. The number of rotatable bonds is 3. The fraction of sp³-hybridized carbons (Fsp3) is 0.250. The number of fused-ring (bicyclic) bond motifs is 1. The van der Waals surface area contributed by atoms with Crippen LogP contribution in [0.1, 0.15) is 16.7 Å². The Labute approximate surface area is 112 Å². The lowest BCUT2D eigenvalue weighted by Gasteiger charge is -2.08. The highest BCUT2D eigenvalue weighted by atomic mass is 19.1. The molecule has 3 N–H and O–H groups in total. The van der Waals surface area contributed by atoms with Gasteiger partial charge in [-0.3, -0.25) is 0 Å². The number of nitrogens with one attached hydrogen (secondary N) is 1. The van der Waals surface area contributed by atoms with E-state index in [4.69, 9.17) is 5.73 Å². The molecule has 1 aliphatic carbocycles. The molecule has 0 heterocycles. The van der Waals surface area contributed by atoms with Gasteiger partial charge in [0.25, 0.3) is 0 Å². The fourth-order valence-electron chi connectivity index (χ4n) is 2.51. The van der Waals surface area contributed by atoms with Gasteiger partial charge in [0.1, 0.15) is 6.17 Å². The number of alkyl halides is 1. The molecule has 0 saturated carbocycles. The molecule has 0 saturated heterocycles. The number of nitrogen functional groups attached to an aromatic ring is 1. The quantitative estimate of drug-likeness (QED) is 0.827. The number of halogens is 1. The minimum atomic E-state index is -0.706. The van der Waals surface area contributed by atoms with E-state index >= 15 is 0 Å². The summed E-state index contributed by atoms with van der Waals surface area (Å²) in [6.07, 6.45) is 0.405. The second-order valence-corrected chi connectivity index (χ2v) is 5.08. The van der Waals surface area contributed by atoms with Gasteiger partial charge in [0, 0.05) is 30.8 Å². The predicted octanol–water partition coefficient (Wildman–Crippen LogP) is 3.32. The molecule has 2 nitrogen and oxygen atoms in total. The molecule has 1 unspecified atom stereocenters. The summed E-state index contributed by atoms with van der Waals surface area (Å²) >= 11 is 0. The first-order chi connectivity index (χ1) is 9.20. The van der Waals surface area contributed by atoms with E-state index in [1.807, 2.05) is 36.4 Å². The van der Waals surface area contributed by atoms with Crippen molar-refractivity contribution >= 4 is 11.4 Å². The minimum absolute atomic E-state index is 0.548. The number of hydrogen-bond acceptors (Lipinski definition) is 2. The van der Waals surface area contributed by atoms with Crippen molar-refractivity contribution in [3.05, 3.63) is 59.2 Å². The van der Waals surface area contributed by atoms with Crippen molar-refractivity contribution in [3.63, 3.8) is 0 Å². The third-order valence-electron chi connectivity index (χ3n) is 3.57. The zero-order chi connectivity index (χ0) is 13.2. The molecule has 0 aromatic heterocycles. The zero-order valence-corrected chi connectivity index (χ0v) is 10.7. The molecule has 98 valence electrons. The number of benzene rings is 2. The Morgan fingerprint density at radius 2 is 1.79 bits per heavy atom. The first kappa shape index (κ1) is 12.0. The Bertz CT molecular complexity index is 578. The van der Waals surface area contributed by atoms with Gasteiger partial charge in [-0.1, -0.05) is 18.2 Å². The summed E-state index contributed by atoms with van der Waals surface area (Å²) in [4.78, 5) is 0. The Morgan fingerprint density at radius 3 is 2.58 bits per heavy atom. The molecule has 2 aromatic carbocycles. The molecule has 0 bridgehead atoms. The van der Waals surface area contributed by atoms with Crippen LogP contribution in [0.25, 0.3) is 0 Å². The second kappa shape index (κ2) is 4.92. The van der Waals surface area contributed by atoms with Gasteiger partial charge >= 0.3 is 0 Å². The van der Waals surface area contributed by atoms with Crippen molar-refractivity contribution in [3.8, 4) is 0 Å². The second-order valence-electron chi connectivity index (χ2n) is 5.08. The lowest BCUT2D eigenvalue weighted by Crippen LogP contribution is -2.00. The van der Waals surface area contributed by atoms with Crippen LogP contribution in [0.3, 0.4) is 0 Å². The standard InChI is InChI=1S/C16H17FN2/c17-14-7-12-3-6-16(9-13(12)8-14)19-10-11-1-4-15(18)5-2-11/h1-6,9,14,19H,7-8,10,18H2. The van der Waals surface area contributed by atoms with Crippen molar-refractivity contribution in [2.24, 2.45) is 0 Å². The summed E-state index contributed by atoms with van der Waals surface area (Å²) in [5.41, 5.74) is 10.9. The Kier molecular flexibility index (Phi) is 3.11. The predicted molar refractivity (Wildman–Crippen MR) is 76.9 cm³/mol. The summed E-state index contributed by atoms with van der Waals surface area (Å²) in [5.74, 6) is 0. The van der Waals surface area contributed by atoms with Crippen molar-refractivity contribution < 1.29 is 4.39 Å². The van der Waals surface area contributed by atoms with Crippen molar-refractivity contribution in [2.45, 2.75) is 25.6 Å². The molecular formula is C16H17FN2. The Hall–Kier alpha value is -2.03. The van der Waals surface area contributed by atoms with Crippen LogP contribution in [0.15, 0.2) is 42.5 Å². The number of hydrogen-bond donors (Lipinski definition) is 2. The van der Waals surface area contributed by atoms with Gasteiger partial charge in [-0.05, 0) is 41.0 Å². The molecule has 0 aliphatic heterocycles. The van der Waals surface area contributed by atoms with Gasteiger partial charge in [-0.2, -0.15) is 0 Å². The molecule has 0 radical (unpaired) electrons. The summed E-state index contributed by atoms with van der Waals surface area (Å²) in [6.45, 7) is 0.748. The van der Waals surface area contributed by atoms with E-state index in [0.29, 0.717) is 12.8 Å². The fourth-order valence-corrected chi connectivity index (χ4v) is 2.51. The Morgan fingerprint density at radius 1 is 1.05 bits per heavy atom. The van der Waals surface area contributed by atoms with Crippen LogP contribution in [0.4, 0.5) is 15.8 Å². The summed E-state index contributed by atoms with van der Waals surface area (Å²) < 4.78 is 13.3. The summed E-state index contributed by atoms with van der Waals surface area (Å²) in [6, 6.07) is 13.9. The molecule has 1 atom stereocenters. The van der Waals surface area contributed by atoms with Crippen LogP contribution in [0.2, 0.25) is 0 Å². The van der Waals surface area contributed by atoms with E-state index in [2.05, 4.69) is 11.4 Å². The van der Waals surface area contributed by atoms with E-state index in [1.54, 1.807) is 0 Å². The molecule has 0 amide bonds. The first-order valence-electron chi connectivity index (χ1n) is 6.55. The number of anilines is 2. The van der Waals surface area contributed by atoms with E-state index < -0.39 is 6.17 Å². The van der Waals surface area contributed by atoms with E-state index in [9.17, 15) is 4.39 Å². The highest BCUT2D eigenvalue weighted by Gasteiger charge is 2.20. The minimum Gasteiger partial charge on any atom is -0.399 e. The highest BCUT2D eigenvalue weighted by Crippen LogP contribution is 2.27. The normalized spacial score (nSPS) is 17.2. The van der Waals surface area contributed by atoms with Gasteiger partial charge in [0.15, 0.2) is 0 Å².